The first kappa shape index (κ1) is 25.5. The van der Waals surface area contributed by atoms with Crippen molar-refractivity contribution in [2.75, 3.05) is 0 Å². The summed E-state index contributed by atoms with van der Waals surface area (Å²) in [6, 6.07) is 9.97. The molecular formula is C26H45NO2. The van der Waals surface area contributed by atoms with Crippen molar-refractivity contribution in [3.8, 4) is 0 Å². The topological polar surface area (TPSA) is 38.3 Å². The van der Waals surface area contributed by atoms with Crippen LogP contribution in [0.3, 0.4) is 0 Å². The molecule has 1 aromatic carbocycles. The second kappa shape index (κ2) is 18.5. The van der Waals surface area contributed by atoms with Crippen LogP contribution in [0.1, 0.15) is 116 Å². The van der Waals surface area contributed by atoms with Crippen LogP contribution in [0.5, 0.6) is 0 Å². The summed E-state index contributed by atoms with van der Waals surface area (Å²) in [6.45, 7) is 4.67. The largest absolute Gasteiger partial charge is 0.445 e. The summed E-state index contributed by atoms with van der Waals surface area (Å²) in [6.07, 6.45) is 20.0. The number of hydrogen-bond donors (Lipinski definition) is 1. The second-order valence-electron chi connectivity index (χ2n) is 8.49. The van der Waals surface area contributed by atoms with E-state index in [1.807, 2.05) is 30.3 Å². The standard InChI is InChI=1S/C26H45NO2/c1-3-4-5-6-7-8-9-10-11-12-13-14-15-17-20-24(2)27-26(28)29-23-25-21-18-16-19-22-25/h16,18-19,21-22,24H,3-15,17,20,23H2,1-2H3,(H,27,28)/t24-/m0/s1. The molecule has 0 heterocycles. The second-order valence-corrected chi connectivity index (χ2v) is 8.49. The fraction of sp³-hybridized carbons (Fsp3) is 0.731. The highest BCUT2D eigenvalue weighted by Gasteiger charge is 2.08. The summed E-state index contributed by atoms with van der Waals surface area (Å²) in [5, 5.41) is 2.94. The highest BCUT2D eigenvalue weighted by Crippen LogP contribution is 2.13. The Morgan fingerprint density at radius 3 is 1.79 bits per heavy atom. The van der Waals surface area contributed by atoms with Crippen LogP contribution in [0.25, 0.3) is 0 Å². The summed E-state index contributed by atoms with van der Waals surface area (Å²) in [5.74, 6) is 0. The van der Waals surface area contributed by atoms with E-state index in [0.717, 1.165) is 12.0 Å². The molecular weight excluding hydrogens is 358 g/mol. The Morgan fingerprint density at radius 1 is 0.793 bits per heavy atom. The molecule has 1 rings (SSSR count). The summed E-state index contributed by atoms with van der Waals surface area (Å²) in [7, 11) is 0. The van der Waals surface area contributed by atoms with Crippen LogP contribution in [0, 0.1) is 0 Å². The van der Waals surface area contributed by atoms with Gasteiger partial charge in [-0.3, -0.25) is 0 Å². The van der Waals surface area contributed by atoms with E-state index in [9.17, 15) is 4.79 Å². The van der Waals surface area contributed by atoms with Crippen LogP contribution < -0.4 is 5.32 Å². The molecule has 0 radical (unpaired) electrons. The van der Waals surface area contributed by atoms with Gasteiger partial charge in [0.25, 0.3) is 0 Å². The fourth-order valence-corrected chi connectivity index (χ4v) is 3.68. The van der Waals surface area contributed by atoms with Gasteiger partial charge in [0.05, 0.1) is 0 Å². The van der Waals surface area contributed by atoms with E-state index in [2.05, 4.69) is 19.2 Å². The van der Waals surface area contributed by atoms with Gasteiger partial charge in [-0.15, -0.1) is 0 Å². The number of unbranched alkanes of at least 4 members (excludes halogenated alkanes) is 13. The third-order valence-electron chi connectivity index (χ3n) is 5.57. The van der Waals surface area contributed by atoms with Crippen LogP contribution in [-0.2, 0) is 11.3 Å². The van der Waals surface area contributed by atoms with Crippen LogP contribution in [0.15, 0.2) is 30.3 Å². The van der Waals surface area contributed by atoms with Crippen molar-refractivity contribution in [2.45, 2.75) is 123 Å². The minimum absolute atomic E-state index is 0.176. The van der Waals surface area contributed by atoms with E-state index in [1.165, 1.54) is 89.9 Å². The monoisotopic (exact) mass is 403 g/mol. The molecule has 1 amide bonds. The number of rotatable bonds is 18. The van der Waals surface area contributed by atoms with Gasteiger partial charge in [0.1, 0.15) is 6.61 Å². The minimum Gasteiger partial charge on any atom is -0.445 e. The number of ether oxygens (including phenoxy) is 1. The van der Waals surface area contributed by atoms with Crippen LogP contribution in [0.4, 0.5) is 4.79 Å². The highest BCUT2D eigenvalue weighted by atomic mass is 16.5. The van der Waals surface area contributed by atoms with Gasteiger partial charge in [0.2, 0.25) is 0 Å². The molecule has 0 aliphatic carbocycles. The van der Waals surface area contributed by atoms with Crippen molar-refractivity contribution >= 4 is 6.09 Å². The van der Waals surface area contributed by atoms with Crippen LogP contribution >= 0.6 is 0 Å². The van der Waals surface area contributed by atoms with Crippen molar-refractivity contribution in [1.82, 2.24) is 5.32 Å². The Balaban J connectivity index is 1.84. The molecule has 3 heteroatoms. The predicted octanol–water partition coefficient (Wildman–Crippen LogP) is 8.17. The number of carbonyl (C=O) groups excluding carboxylic acids is 1. The maximum absolute atomic E-state index is 11.8. The third-order valence-corrected chi connectivity index (χ3v) is 5.57. The summed E-state index contributed by atoms with van der Waals surface area (Å²) in [5.41, 5.74) is 1.02. The zero-order valence-corrected chi connectivity index (χ0v) is 19.1. The van der Waals surface area contributed by atoms with Crippen molar-refractivity contribution < 1.29 is 9.53 Å². The smallest absolute Gasteiger partial charge is 0.407 e. The number of amides is 1. The molecule has 1 atom stereocenters. The lowest BCUT2D eigenvalue weighted by Gasteiger charge is -2.14. The number of nitrogens with one attached hydrogen (secondary N) is 1. The lowest BCUT2D eigenvalue weighted by atomic mass is 10.0. The van der Waals surface area contributed by atoms with Gasteiger partial charge >= 0.3 is 6.09 Å². The zero-order chi connectivity index (χ0) is 21.0. The van der Waals surface area contributed by atoms with Gasteiger partial charge in [-0.05, 0) is 18.9 Å². The van der Waals surface area contributed by atoms with Crippen molar-refractivity contribution in [1.29, 1.82) is 0 Å². The number of carbonyl (C=O) groups is 1. The predicted molar refractivity (Wildman–Crippen MR) is 124 cm³/mol. The molecule has 0 bridgehead atoms. The Kier molecular flexibility index (Phi) is 16.3. The molecule has 3 nitrogen and oxygen atoms in total. The lowest BCUT2D eigenvalue weighted by molar-refractivity contribution is 0.136. The molecule has 0 aliphatic heterocycles. The Hall–Kier alpha value is -1.51. The first-order valence-corrected chi connectivity index (χ1v) is 12.2. The van der Waals surface area contributed by atoms with Crippen LogP contribution in [-0.4, -0.2) is 12.1 Å². The van der Waals surface area contributed by atoms with Gasteiger partial charge in [-0.1, -0.05) is 127 Å². The van der Waals surface area contributed by atoms with E-state index in [1.54, 1.807) is 0 Å². The molecule has 166 valence electrons. The SMILES string of the molecule is CCCCCCCCCCCCCCCC[C@H](C)NC(=O)OCc1ccccc1. The summed E-state index contributed by atoms with van der Waals surface area (Å²) >= 11 is 0. The average Bonchev–Trinajstić information content (AvgIpc) is 2.73. The normalized spacial score (nSPS) is 11.9. The summed E-state index contributed by atoms with van der Waals surface area (Å²) in [4.78, 5) is 11.8. The molecule has 0 saturated carbocycles. The molecule has 1 N–H and O–H groups in total. The first-order valence-electron chi connectivity index (χ1n) is 12.2. The number of alkyl carbamates (subject to hydrolysis) is 1. The van der Waals surface area contributed by atoms with Crippen molar-refractivity contribution in [3.63, 3.8) is 0 Å². The van der Waals surface area contributed by atoms with Crippen molar-refractivity contribution in [2.24, 2.45) is 0 Å². The fourth-order valence-electron chi connectivity index (χ4n) is 3.68. The third kappa shape index (κ3) is 16.0. The molecule has 0 saturated heterocycles. The van der Waals surface area contributed by atoms with Crippen LogP contribution in [0.2, 0.25) is 0 Å². The van der Waals surface area contributed by atoms with Gasteiger partial charge < -0.3 is 10.1 Å². The quantitative estimate of drug-likeness (QED) is 0.251. The van der Waals surface area contributed by atoms with Gasteiger partial charge in [0, 0.05) is 6.04 Å². The zero-order valence-electron chi connectivity index (χ0n) is 19.1. The Morgan fingerprint density at radius 2 is 1.28 bits per heavy atom. The molecule has 29 heavy (non-hydrogen) atoms. The highest BCUT2D eigenvalue weighted by molar-refractivity contribution is 5.67. The molecule has 1 aromatic rings. The number of hydrogen-bond acceptors (Lipinski definition) is 2. The van der Waals surface area contributed by atoms with E-state index >= 15 is 0 Å². The molecule has 0 aliphatic rings. The molecule has 0 aromatic heterocycles. The van der Waals surface area contributed by atoms with E-state index in [0.29, 0.717) is 6.61 Å². The molecule has 0 fully saturated rings. The lowest BCUT2D eigenvalue weighted by Crippen LogP contribution is -2.32. The van der Waals surface area contributed by atoms with Gasteiger partial charge in [-0.2, -0.15) is 0 Å². The summed E-state index contributed by atoms with van der Waals surface area (Å²) < 4.78 is 5.27. The van der Waals surface area contributed by atoms with Crippen molar-refractivity contribution in [3.05, 3.63) is 35.9 Å². The average molecular weight is 404 g/mol. The van der Waals surface area contributed by atoms with E-state index < -0.39 is 0 Å². The minimum atomic E-state index is -0.313. The van der Waals surface area contributed by atoms with E-state index in [4.69, 9.17) is 4.74 Å². The maximum Gasteiger partial charge on any atom is 0.407 e. The molecule has 0 spiro atoms. The Bertz CT molecular complexity index is 489. The number of benzene rings is 1. The van der Waals surface area contributed by atoms with E-state index in [-0.39, 0.29) is 12.1 Å². The maximum atomic E-state index is 11.8. The van der Waals surface area contributed by atoms with Gasteiger partial charge in [0.15, 0.2) is 0 Å². The first-order chi connectivity index (χ1) is 14.2. The Labute approximate surface area is 180 Å². The van der Waals surface area contributed by atoms with Gasteiger partial charge in [-0.25, -0.2) is 4.79 Å². The molecule has 0 unspecified atom stereocenters.